The maximum atomic E-state index is 12.6. The van der Waals surface area contributed by atoms with Crippen molar-refractivity contribution in [3.05, 3.63) is 48.0 Å². The second-order valence-corrected chi connectivity index (χ2v) is 7.08. The Morgan fingerprint density at radius 1 is 1.00 bits per heavy atom. The molecule has 1 atom stereocenters. The molecule has 25 heavy (non-hydrogen) atoms. The Labute approximate surface area is 148 Å². The molecule has 0 aromatic heterocycles. The molecule has 0 aliphatic rings. The summed E-state index contributed by atoms with van der Waals surface area (Å²) >= 11 is 0. The zero-order valence-corrected chi connectivity index (χ0v) is 15.6. The van der Waals surface area contributed by atoms with E-state index >= 15 is 0 Å². The van der Waals surface area contributed by atoms with E-state index in [1.165, 1.54) is 19.2 Å². The fourth-order valence-corrected chi connectivity index (χ4v) is 3.60. The molecule has 2 rings (SSSR count). The van der Waals surface area contributed by atoms with Gasteiger partial charge in [-0.2, -0.15) is 0 Å². The van der Waals surface area contributed by atoms with E-state index in [1.807, 2.05) is 6.92 Å². The largest absolute Gasteiger partial charge is 0.494 e. The number of hydrogen-bond donors (Lipinski definition) is 1. The Kier molecular flexibility index (Phi) is 6.27. The van der Waals surface area contributed by atoms with E-state index in [1.54, 1.807) is 44.4 Å². The van der Waals surface area contributed by atoms with Crippen molar-refractivity contribution in [2.24, 2.45) is 0 Å². The minimum atomic E-state index is -3.65. The van der Waals surface area contributed by atoms with Crippen LogP contribution in [0, 0.1) is 0 Å². The Bertz CT molecular complexity index is 803. The maximum absolute atomic E-state index is 12.6. The molecule has 2 aromatic carbocycles. The van der Waals surface area contributed by atoms with Crippen LogP contribution in [0.2, 0.25) is 0 Å². The highest BCUT2D eigenvalue weighted by atomic mass is 32.2. The summed E-state index contributed by atoms with van der Waals surface area (Å²) in [7, 11) is -0.563. The number of nitrogens with one attached hydrogen (secondary N) is 1. The number of rotatable bonds is 8. The zero-order chi connectivity index (χ0) is 18.4. The van der Waals surface area contributed by atoms with Crippen LogP contribution in [0.3, 0.4) is 0 Å². The first-order valence-corrected chi connectivity index (χ1v) is 9.36. The standard InChI is InChI=1S/C18H23NO5S/c1-5-24-15-7-9-16(10-8-15)25(20,21)19-13(2)14-6-11-17(22-3)18(12-14)23-4/h6-13,19H,5H2,1-4H3/t13-/m1/s1. The Balaban J connectivity index is 2.19. The quantitative estimate of drug-likeness (QED) is 0.778. The SMILES string of the molecule is CCOc1ccc(S(=O)(=O)N[C@H](C)c2ccc(OC)c(OC)c2)cc1. The average Bonchev–Trinajstić information content (AvgIpc) is 2.61. The molecule has 0 saturated carbocycles. The van der Waals surface area contributed by atoms with E-state index < -0.39 is 16.1 Å². The van der Waals surface area contributed by atoms with Crippen molar-refractivity contribution in [1.82, 2.24) is 4.72 Å². The van der Waals surface area contributed by atoms with Gasteiger partial charge in [0.05, 0.1) is 25.7 Å². The minimum absolute atomic E-state index is 0.184. The molecule has 0 fully saturated rings. The van der Waals surface area contributed by atoms with Crippen LogP contribution in [0.15, 0.2) is 47.4 Å². The molecule has 0 saturated heterocycles. The summed E-state index contributed by atoms with van der Waals surface area (Å²) in [5, 5.41) is 0. The van der Waals surface area contributed by atoms with E-state index in [-0.39, 0.29) is 4.90 Å². The van der Waals surface area contributed by atoms with E-state index in [9.17, 15) is 8.42 Å². The first-order chi connectivity index (χ1) is 11.9. The van der Waals surface area contributed by atoms with Gasteiger partial charge in [0.15, 0.2) is 11.5 Å². The molecule has 6 nitrogen and oxygen atoms in total. The van der Waals surface area contributed by atoms with Crippen LogP contribution in [-0.2, 0) is 10.0 Å². The average molecular weight is 365 g/mol. The monoisotopic (exact) mass is 365 g/mol. The highest BCUT2D eigenvalue weighted by Crippen LogP contribution is 2.30. The molecule has 0 aliphatic carbocycles. The van der Waals surface area contributed by atoms with Gasteiger partial charge in [-0.15, -0.1) is 0 Å². The first kappa shape index (κ1) is 19.1. The van der Waals surface area contributed by atoms with Gasteiger partial charge < -0.3 is 14.2 Å². The van der Waals surface area contributed by atoms with E-state index in [2.05, 4.69) is 4.72 Å². The third kappa shape index (κ3) is 4.64. The first-order valence-electron chi connectivity index (χ1n) is 7.88. The normalized spacial score (nSPS) is 12.5. The van der Waals surface area contributed by atoms with Crippen molar-refractivity contribution in [3.8, 4) is 17.2 Å². The Morgan fingerprint density at radius 3 is 2.20 bits per heavy atom. The Morgan fingerprint density at radius 2 is 1.64 bits per heavy atom. The van der Waals surface area contributed by atoms with Gasteiger partial charge in [-0.25, -0.2) is 13.1 Å². The van der Waals surface area contributed by atoms with Crippen LogP contribution in [-0.4, -0.2) is 29.2 Å². The Hall–Kier alpha value is -2.25. The van der Waals surface area contributed by atoms with Crippen LogP contribution in [0.4, 0.5) is 0 Å². The lowest BCUT2D eigenvalue weighted by molar-refractivity contribution is 0.340. The zero-order valence-electron chi connectivity index (χ0n) is 14.8. The van der Waals surface area contributed by atoms with Crippen molar-refractivity contribution in [2.75, 3.05) is 20.8 Å². The van der Waals surface area contributed by atoms with Gasteiger partial charge >= 0.3 is 0 Å². The molecule has 1 N–H and O–H groups in total. The minimum Gasteiger partial charge on any atom is -0.494 e. The van der Waals surface area contributed by atoms with Gasteiger partial charge in [-0.3, -0.25) is 0 Å². The van der Waals surface area contributed by atoms with Crippen LogP contribution in [0.25, 0.3) is 0 Å². The fraction of sp³-hybridized carbons (Fsp3) is 0.333. The topological polar surface area (TPSA) is 73.9 Å². The number of ether oxygens (including phenoxy) is 3. The van der Waals surface area contributed by atoms with Crippen LogP contribution in [0.5, 0.6) is 17.2 Å². The lowest BCUT2D eigenvalue weighted by Gasteiger charge is -2.17. The van der Waals surface area contributed by atoms with Gasteiger partial charge in [0, 0.05) is 6.04 Å². The molecule has 0 aliphatic heterocycles. The third-order valence-corrected chi connectivity index (χ3v) is 5.24. The lowest BCUT2D eigenvalue weighted by Crippen LogP contribution is -2.26. The molecule has 7 heteroatoms. The molecule has 0 radical (unpaired) electrons. The molecule has 0 heterocycles. The lowest BCUT2D eigenvalue weighted by atomic mass is 10.1. The van der Waals surface area contributed by atoms with Crippen molar-refractivity contribution < 1.29 is 22.6 Å². The van der Waals surface area contributed by atoms with Crippen molar-refractivity contribution in [1.29, 1.82) is 0 Å². The molecular weight excluding hydrogens is 342 g/mol. The van der Waals surface area contributed by atoms with Gasteiger partial charge in [0.25, 0.3) is 0 Å². The summed E-state index contributed by atoms with van der Waals surface area (Å²) in [6, 6.07) is 11.2. The van der Waals surface area contributed by atoms with E-state index in [4.69, 9.17) is 14.2 Å². The summed E-state index contributed by atoms with van der Waals surface area (Å²) in [6.45, 7) is 4.17. The highest BCUT2D eigenvalue weighted by molar-refractivity contribution is 7.89. The van der Waals surface area contributed by atoms with Gasteiger partial charge in [-0.1, -0.05) is 6.07 Å². The molecule has 136 valence electrons. The summed E-state index contributed by atoms with van der Waals surface area (Å²) in [5.74, 6) is 1.77. The van der Waals surface area contributed by atoms with Crippen LogP contribution < -0.4 is 18.9 Å². The second-order valence-electron chi connectivity index (χ2n) is 5.36. The number of benzene rings is 2. The summed E-state index contributed by atoms with van der Waals surface area (Å²) in [5.41, 5.74) is 0.771. The van der Waals surface area contributed by atoms with E-state index in [0.717, 1.165) is 5.56 Å². The summed E-state index contributed by atoms with van der Waals surface area (Å²) in [6.07, 6.45) is 0. The second kappa shape index (κ2) is 8.22. The molecular formula is C18H23NO5S. The predicted octanol–water partition coefficient (Wildman–Crippen LogP) is 3.14. The summed E-state index contributed by atoms with van der Waals surface area (Å²) in [4.78, 5) is 0.184. The smallest absolute Gasteiger partial charge is 0.241 e. The molecule has 2 aromatic rings. The number of methoxy groups -OCH3 is 2. The van der Waals surface area contributed by atoms with Crippen molar-refractivity contribution >= 4 is 10.0 Å². The molecule has 0 unspecified atom stereocenters. The van der Waals surface area contributed by atoms with Crippen molar-refractivity contribution in [2.45, 2.75) is 24.8 Å². The predicted molar refractivity (Wildman–Crippen MR) is 95.9 cm³/mol. The van der Waals surface area contributed by atoms with Gasteiger partial charge in [-0.05, 0) is 55.8 Å². The van der Waals surface area contributed by atoms with Crippen LogP contribution >= 0.6 is 0 Å². The van der Waals surface area contributed by atoms with Gasteiger partial charge in [0.1, 0.15) is 5.75 Å². The van der Waals surface area contributed by atoms with Crippen molar-refractivity contribution in [3.63, 3.8) is 0 Å². The fourth-order valence-electron chi connectivity index (χ4n) is 2.37. The molecule has 0 amide bonds. The van der Waals surface area contributed by atoms with Gasteiger partial charge in [0.2, 0.25) is 10.0 Å². The highest BCUT2D eigenvalue weighted by Gasteiger charge is 2.19. The van der Waals surface area contributed by atoms with Crippen LogP contribution in [0.1, 0.15) is 25.5 Å². The van der Waals surface area contributed by atoms with E-state index in [0.29, 0.717) is 23.9 Å². The summed E-state index contributed by atoms with van der Waals surface area (Å²) < 4.78 is 43.6. The number of hydrogen-bond acceptors (Lipinski definition) is 5. The number of sulfonamides is 1. The molecule has 0 bridgehead atoms. The third-order valence-electron chi connectivity index (χ3n) is 3.68. The maximum Gasteiger partial charge on any atom is 0.241 e. The molecule has 0 spiro atoms.